The van der Waals surface area contributed by atoms with Gasteiger partial charge in [0.05, 0.1) is 45.3 Å². The number of anilines is 2. The largest absolute Gasteiger partial charge is 0.511 e. The van der Waals surface area contributed by atoms with Gasteiger partial charge < -0.3 is 26.4 Å². The number of rotatable bonds is 18. The lowest BCUT2D eigenvalue weighted by Crippen LogP contribution is -2.34. The zero-order chi connectivity index (χ0) is 50.9. The van der Waals surface area contributed by atoms with E-state index in [1.807, 2.05) is 73.9 Å². The van der Waals surface area contributed by atoms with E-state index in [4.69, 9.17) is 38.2 Å². The third kappa shape index (κ3) is 10.1. The summed E-state index contributed by atoms with van der Waals surface area (Å²) in [6, 6.07) is 15.6. The fraction of sp³-hybridized carbons (Fsp3) is 0.322. The molecule has 10 rings (SSSR count). The second-order valence-corrected chi connectivity index (χ2v) is 20.4. The minimum Gasteiger partial charge on any atom is -0.511 e. The second-order valence-electron chi connectivity index (χ2n) is 19.6. The Hall–Kier alpha value is -6.86. The van der Waals surface area contributed by atoms with Gasteiger partial charge in [-0.1, -0.05) is 49.7 Å². The van der Waals surface area contributed by atoms with Crippen molar-refractivity contribution in [1.29, 1.82) is 0 Å². The predicted octanol–water partition coefficient (Wildman–Crippen LogP) is 12.4. The van der Waals surface area contributed by atoms with E-state index in [1.54, 1.807) is 0 Å². The predicted molar refractivity (Wildman–Crippen MR) is 301 cm³/mol. The van der Waals surface area contributed by atoms with Crippen molar-refractivity contribution in [2.45, 2.75) is 73.1 Å². The average molecular weight is 1010 g/mol. The summed E-state index contributed by atoms with van der Waals surface area (Å²) in [5.74, 6) is 0.387. The summed E-state index contributed by atoms with van der Waals surface area (Å²) in [7, 11) is 0. The van der Waals surface area contributed by atoms with Crippen LogP contribution in [-0.4, -0.2) is 82.3 Å². The highest BCUT2D eigenvalue weighted by molar-refractivity contribution is 6.31. The third-order valence-corrected chi connectivity index (χ3v) is 15.6. The third-order valence-electron chi connectivity index (χ3n) is 15.1. The summed E-state index contributed by atoms with van der Waals surface area (Å²) in [4.78, 5) is 40.7. The maximum Gasteiger partial charge on any atom is 0.220 e. The Bertz CT molecular complexity index is 3250. The van der Waals surface area contributed by atoms with Gasteiger partial charge in [0.1, 0.15) is 5.76 Å². The van der Waals surface area contributed by atoms with Crippen LogP contribution in [0.25, 0.3) is 21.8 Å². The molecule has 14 heteroatoms. The first kappa shape index (κ1) is 49.7. The highest BCUT2D eigenvalue weighted by Crippen LogP contribution is 2.46. The molecule has 374 valence electrons. The molecule has 8 bridgehead atoms. The van der Waals surface area contributed by atoms with Crippen LogP contribution in [0.1, 0.15) is 73.1 Å². The first-order chi connectivity index (χ1) is 35.4. The van der Waals surface area contributed by atoms with E-state index in [1.165, 1.54) is 5.57 Å². The molecular weight excluding hydrogens is 952 g/mol. The molecule has 0 radical (unpaired) electrons. The van der Waals surface area contributed by atoms with Gasteiger partial charge in [-0.25, -0.2) is 15.0 Å². The molecular formula is C59H62Cl2N10O2. The Kier molecular flexibility index (Phi) is 14.5. The molecule has 2 aromatic carbocycles. The minimum atomic E-state index is -0.0130. The fourth-order valence-corrected chi connectivity index (χ4v) is 11.4. The van der Waals surface area contributed by atoms with E-state index in [9.17, 15) is 9.90 Å². The molecule has 0 saturated carbocycles. The van der Waals surface area contributed by atoms with Gasteiger partial charge in [-0.3, -0.25) is 19.7 Å². The van der Waals surface area contributed by atoms with Gasteiger partial charge in [-0.2, -0.15) is 0 Å². The zero-order valence-electron chi connectivity index (χ0n) is 42.2. The first-order valence-corrected chi connectivity index (χ1v) is 26.3. The van der Waals surface area contributed by atoms with Crippen molar-refractivity contribution in [3.63, 3.8) is 0 Å². The van der Waals surface area contributed by atoms with Crippen LogP contribution in [0.2, 0.25) is 10.0 Å². The molecule has 5 N–H and O–H groups in total. The van der Waals surface area contributed by atoms with Gasteiger partial charge in [0.25, 0.3) is 0 Å². The number of carbonyl (C=O) groups excluding carboxylic acids is 1. The Morgan fingerprint density at radius 3 is 2.14 bits per heavy atom. The van der Waals surface area contributed by atoms with E-state index in [0.717, 1.165) is 164 Å². The number of amides is 1. The summed E-state index contributed by atoms with van der Waals surface area (Å²) in [5, 5.41) is 29.3. The number of pyridine rings is 2. The Morgan fingerprint density at radius 2 is 1.48 bits per heavy atom. The van der Waals surface area contributed by atoms with E-state index in [2.05, 4.69) is 88.6 Å². The standard InChI is InChI=1S/C59H62Cl2N10O2/c1-7-39-33(3)47-30-49-35(5)41(58(69-49)44-29-55(72)57-36(6)50(70-59(44)57)32-54-40(8-2)34(4)48(68-54)31-53(39)67-47)15-16-56(73)66-19-9-10-24-71(25-22-64-45-17-20-62-51-27-37(60)11-13-42(45)51)26-23-65-46-18-21-63-52-28-38(61)12-14-43(46)52/h7,11-14,17-18,20-21,27-28,30-32,35,41,69,72H,1,8-10,15-16,19,22-26,29H2,2-6H3,(H,62,64)(H,63,65)(H,66,73)/t35-,41?/m0/s1. The molecule has 5 aliphatic heterocycles. The van der Waals surface area contributed by atoms with E-state index in [-0.39, 0.29) is 17.7 Å². The lowest BCUT2D eigenvalue weighted by atomic mass is 9.86. The van der Waals surface area contributed by atoms with Gasteiger partial charge in [0.2, 0.25) is 5.91 Å². The average Bonchev–Trinajstić information content (AvgIpc) is 4.14. The fourth-order valence-electron chi connectivity index (χ4n) is 11.0. The van der Waals surface area contributed by atoms with Crippen LogP contribution in [0.5, 0.6) is 0 Å². The number of allylic oxidation sites excluding steroid dienone is 12. The van der Waals surface area contributed by atoms with Crippen LogP contribution in [0, 0.1) is 11.8 Å². The van der Waals surface area contributed by atoms with Gasteiger partial charge in [-0.05, 0) is 142 Å². The Labute approximate surface area is 437 Å². The topological polar surface area (TPSA) is 152 Å². The molecule has 73 heavy (non-hydrogen) atoms. The summed E-state index contributed by atoms with van der Waals surface area (Å²) in [6.45, 7) is 19.4. The lowest BCUT2D eigenvalue weighted by molar-refractivity contribution is -0.121. The molecule has 1 unspecified atom stereocenters. The molecule has 12 nitrogen and oxygen atoms in total. The Balaban J connectivity index is 0.809. The number of aromatic nitrogens is 2. The van der Waals surface area contributed by atoms with E-state index >= 15 is 0 Å². The number of benzene rings is 2. The highest BCUT2D eigenvalue weighted by atomic mass is 35.5. The van der Waals surface area contributed by atoms with Crippen LogP contribution < -0.4 is 21.3 Å². The van der Waals surface area contributed by atoms with E-state index < -0.39 is 0 Å². The summed E-state index contributed by atoms with van der Waals surface area (Å²) < 4.78 is 0. The number of aliphatic hydroxyl groups excluding tert-OH is 1. The number of unbranched alkanes of at least 4 members (excludes halogenated alkanes) is 1. The number of hydrogen-bond donors (Lipinski definition) is 5. The monoisotopic (exact) mass is 1010 g/mol. The van der Waals surface area contributed by atoms with Crippen molar-refractivity contribution in [3.8, 4) is 0 Å². The van der Waals surface area contributed by atoms with Gasteiger partial charge in [0, 0.05) is 130 Å². The van der Waals surface area contributed by atoms with Crippen LogP contribution in [-0.2, 0) is 4.79 Å². The number of nitrogens with one attached hydrogen (secondary N) is 4. The number of halogens is 2. The molecule has 7 heterocycles. The molecule has 6 aliphatic rings. The van der Waals surface area contributed by atoms with Gasteiger partial charge in [-0.15, -0.1) is 0 Å². The highest BCUT2D eigenvalue weighted by Gasteiger charge is 2.41. The number of hydrogen-bond acceptors (Lipinski definition) is 11. The molecule has 1 amide bonds. The molecule has 0 spiro atoms. The van der Waals surface area contributed by atoms with Crippen molar-refractivity contribution in [2.75, 3.05) is 49.9 Å². The Morgan fingerprint density at radius 1 is 0.822 bits per heavy atom. The number of aliphatic imine (C=N–C) groups is 3. The van der Waals surface area contributed by atoms with Crippen LogP contribution >= 0.6 is 23.2 Å². The van der Waals surface area contributed by atoms with Crippen molar-refractivity contribution in [1.82, 2.24) is 25.5 Å². The van der Waals surface area contributed by atoms with Crippen molar-refractivity contribution < 1.29 is 9.90 Å². The number of aliphatic hydroxyl groups is 1. The van der Waals surface area contributed by atoms with Crippen LogP contribution in [0.4, 0.5) is 11.4 Å². The zero-order valence-corrected chi connectivity index (χ0v) is 43.7. The van der Waals surface area contributed by atoms with Crippen molar-refractivity contribution in [2.24, 2.45) is 26.8 Å². The molecule has 4 aromatic rings. The number of fused-ring (bicyclic) bond motifs is 7. The molecule has 2 aromatic heterocycles. The molecule has 1 saturated heterocycles. The smallest absolute Gasteiger partial charge is 0.220 e. The number of nitrogens with zero attached hydrogens (tertiary/aromatic N) is 6. The first-order valence-electron chi connectivity index (χ1n) is 25.5. The second kappa shape index (κ2) is 21.3. The van der Waals surface area contributed by atoms with Gasteiger partial charge in [0.15, 0.2) is 0 Å². The molecule has 1 fully saturated rings. The van der Waals surface area contributed by atoms with Crippen molar-refractivity contribution in [3.05, 3.63) is 175 Å². The maximum atomic E-state index is 13.7. The van der Waals surface area contributed by atoms with Crippen molar-refractivity contribution >= 4 is 79.4 Å². The molecule has 1 aliphatic carbocycles. The lowest BCUT2D eigenvalue weighted by Gasteiger charge is -2.24. The minimum absolute atomic E-state index is 0.0130. The normalized spacial score (nSPS) is 19.2. The van der Waals surface area contributed by atoms with Crippen LogP contribution in [0.15, 0.2) is 180 Å². The van der Waals surface area contributed by atoms with Gasteiger partial charge >= 0.3 is 0 Å². The summed E-state index contributed by atoms with van der Waals surface area (Å²) >= 11 is 12.5. The molecule has 2 atom stereocenters. The maximum absolute atomic E-state index is 13.7. The number of carbonyl (C=O) groups is 1. The van der Waals surface area contributed by atoms with Crippen LogP contribution in [0.3, 0.4) is 0 Å². The summed E-state index contributed by atoms with van der Waals surface area (Å²) in [5.41, 5.74) is 17.9. The summed E-state index contributed by atoms with van der Waals surface area (Å²) in [6.07, 6.45) is 15.7. The quantitative estimate of drug-likeness (QED) is 0.0618. The SMILES string of the molecule is C=CC1=C(C)C2=NC1=CC1=NC(=CC3=C(C)C4=C(O)CC(=C5NC(=C2)[C@@H](C)C5CCC(=O)NCCCCN(CCNc2ccnc5cc(Cl)ccc25)CCNc2ccnc5cc(Cl)ccc25)C4=N3)C(CC)=C1C. The van der Waals surface area contributed by atoms with E-state index in [0.29, 0.717) is 41.6 Å².